The maximum atomic E-state index is 3.09. The van der Waals surface area contributed by atoms with Crippen LogP contribution in [0.1, 0.15) is 26.7 Å². The third kappa shape index (κ3) is 11.4. The van der Waals surface area contributed by atoms with E-state index in [2.05, 4.69) is 36.5 Å². The zero-order chi connectivity index (χ0) is 11.6. The maximum absolute atomic E-state index is 3.09. The molecule has 0 N–H and O–H groups in total. The van der Waals surface area contributed by atoms with Crippen LogP contribution in [0.25, 0.3) is 0 Å². The Bertz CT molecular complexity index is 348. The van der Waals surface area contributed by atoms with E-state index in [4.69, 9.17) is 0 Å². The zero-order valence-electron chi connectivity index (χ0n) is 11.3. The summed E-state index contributed by atoms with van der Waals surface area (Å²) >= 11 is 0. The molecule has 3 heteroatoms. The van der Waals surface area contributed by atoms with Crippen LogP contribution in [0.4, 0.5) is 0 Å². The molecule has 0 saturated carbocycles. The van der Waals surface area contributed by atoms with Gasteiger partial charge in [-0.05, 0) is 13.8 Å². The smallest absolute Gasteiger partial charge is 1.00 e. The van der Waals surface area contributed by atoms with Gasteiger partial charge >= 0.3 is 26.2 Å². The van der Waals surface area contributed by atoms with Gasteiger partial charge in [0.05, 0.1) is 0 Å². The van der Waals surface area contributed by atoms with Crippen LogP contribution in [0.15, 0.2) is 59.8 Å². The maximum Gasteiger partial charge on any atom is 4.00 e. The molecule has 0 aliphatic heterocycles. The molecule has 0 unspecified atom stereocenters. The van der Waals surface area contributed by atoms with Crippen LogP contribution in [0.3, 0.4) is 0 Å². The second-order valence-corrected chi connectivity index (χ2v) is 3.51. The minimum atomic E-state index is 0. The molecule has 0 spiro atoms. The Labute approximate surface area is 149 Å². The first-order chi connectivity index (χ1) is 7.86. The summed E-state index contributed by atoms with van der Waals surface area (Å²) in [4.78, 5) is 0. The van der Waals surface area contributed by atoms with E-state index in [9.17, 15) is 0 Å². The van der Waals surface area contributed by atoms with E-state index in [0.29, 0.717) is 0 Å². The van der Waals surface area contributed by atoms with E-state index in [-0.39, 0.29) is 51.0 Å². The van der Waals surface area contributed by atoms with Crippen molar-refractivity contribution in [3.8, 4) is 0 Å². The number of halogens is 2. The summed E-state index contributed by atoms with van der Waals surface area (Å²) < 4.78 is 0. The van der Waals surface area contributed by atoms with Crippen molar-refractivity contribution in [2.45, 2.75) is 26.7 Å². The Morgan fingerprint density at radius 2 is 1.21 bits per heavy atom. The molecule has 0 bridgehead atoms. The zero-order valence-corrected chi connectivity index (χ0v) is 15.3. The minimum Gasteiger partial charge on any atom is -1.00 e. The molecule has 2 rings (SSSR count). The predicted octanol–water partition coefficient (Wildman–Crippen LogP) is -1.49. The van der Waals surface area contributed by atoms with Crippen molar-refractivity contribution in [1.82, 2.24) is 0 Å². The molecule has 0 heterocycles. The van der Waals surface area contributed by atoms with Gasteiger partial charge in [-0.2, -0.15) is 23.3 Å². The quantitative estimate of drug-likeness (QED) is 0.518. The summed E-state index contributed by atoms with van der Waals surface area (Å²) in [6.45, 7) is 4.04. The first kappa shape index (κ1) is 24.0. The first-order valence-corrected chi connectivity index (χ1v) is 5.65. The van der Waals surface area contributed by atoms with E-state index in [0.717, 1.165) is 12.8 Å². The van der Waals surface area contributed by atoms with Crippen molar-refractivity contribution in [3.63, 3.8) is 0 Å². The van der Waals surface area contributed by atoms with Crippen LogP contribution in [-0.2, 0) is 26.2 Å². The van der Waals surface area contributed by atoms with Crippen molar-refractivity contribution in [3.05, 3.63) is 71.9 Å². The SMILES string of the molecule is CC=CC1=CC[C-]=C1.CC=CC1=CC[C-]=C1.[Cl-].[Cl-].[Zr+4]. The van der Waals surface area contributed by atoms with E-state index < -0.39 is 0 Å². The average Bonchev–Trinajstić information content (AvgIpc) is 2.92. The van der Waals surface area contributed by atoms with Crippen LogP contribution in [-0.4, -0.2) is 0 Å². The predicted molar refractivity (Wildman–Crippen MR) is 70.7 cm³/mol. The molecule has 0 aromatic carbocycles. The molecule has 0 amide bonds. The van der Waals surface area contributed by atoms with Crippen LogP contribution >= 0.6 is 0 Å². The second-order valence-electron chi connectivity index (χ2n) is 3.51. The molecule has 2 aliphatic carbocycles. The summed E-state index contributed by atoms with van der Waals surface area (Å²) in [5, 5.41) is 0. The average molecular weight is 372 g/mol. The van der Waals surface area contributed by atoms with Crippen molar-refractivity contribution in [2.24, 2.45) is 0 Å². The Balaban J connectivity index is -0.000000233. The van der Waals surface area contributed by atoms with E-state index in [1.54, 1.807) is 0 Å². The van der Waals surface area contributed by atoms with Gasteiger partial charge in [-0.1, -0.05) is 0 Å². The molecule has 0 aromatic rings. The molecule has 0 nitrogen and oxygen atoms in total. The molecule has 0 saturated heterocycles. The fraction of sp³-hybridized carbons (Fsp3) is 0.250. The third-order valence-corrected chi connectivity index (χ3v) is 2.17. The minimum absolute atomic E-state index is 0. The molecular weight excluding hydrogens is 354 g/mol. The summed E-state index contributed by atoms with van der Waals surface area (Å²) in [5.74, 6) is 0. The van der Waals surface area contributed by atoms with Gasteiger partial charge < -0.3 is 24.8 Å². The van der Waals surface area contributed by atoms with Gasteiger partial charge in [0.1, 0.15) is 0 Å². The van der Waals surface area contributed by atoms with Gasteiger partial charge in [0.2, 0.25) is 0 Å². The Morgan fingerprint density at radius 3 is 1.42 bits per heavy atom. The summed E-state index contributed by atoms with van der Waals surface area (Å²) in [5.41, 5.74) is 2.57. The normalized spacial score (nSPS) is 15.1. The van der Waals surface area contributed by atoms with Crippen molar-refractivity contribution in [1.29, 1.82) is 0 Å². The summed E-state index contributed by atoms with van der Waals surface area (Å²) in [6.07, 6.45) is 24.7. The number of rotatable bonds is 2. The standard InChI is InChI=1S/2C8H9.2ClH.Zr/c2*1-2-5-8-6-3-4-7-8;;;/h2*2,5-7H,3H2,1H3;2*1H;/q2*-1;;;+4/p-2. The molecule has 19 heavy (non-hydrogen) atoms. The van der Waals surface area contributed by atoms with Crippen molar-refractivity contribution in [2.75, 3.05) is 0 Å². The first-order valence-electron chi connectivity index (χ1n) is 5.65. The number of hydrogen-bond donors (Lipinski definition) is 0. The van der Waals surface area contributed by atoms with E-state index in [1.165, 1.54) is 11.1 Å². The Kier molecular flexibility index (Phi) is 20.1. The Morgan fingerprint density at radius 1 is 0.842 bits per heavy atom. The third-order valence-electron chi connectivity index (χ3n) is 2.17. The molecular formula is C16H18Cl2Zr. The van der Waals surface area contributed by atoms with Gasteiger partial charge in [0, 0.05) is 0 Å². The summed E-state index contributed by atoms with van der Waals surface area (Å²) in [6, 6.07) is 0. The van der Waals surface area contributed by atoms with E-state index >= 15 is 0 Å². The van der Waals surface area contributed by atoms with Gasteiger partial charge in [-0.3, -0.25) is 12.2 Å². The van der Waals surface area contributed by atoms with E-state index in [1.807, 2.05) is 38.2 Å². The molecule has 2 aliphatic rings. The molecule has 0 fully saturated rings. The molecule has 0 atom stereocenters. The van der Waals surface area contributed by atoms with Crippen molar-refractivity contribution < 1.29 is 51.0 Å². The molecule has 100 valence electrons. The van der Waals surface area contributed by atoms with Gasteiger partial charge in [-0.15, -0.1) is 37.1 Å². The number of allylic oxidation sites excluding steroid dienone is 12. The van der Waals surface area contributed by atoms with Crippen LogP contribution in [0.5, 0.6) is 0 Å². The topological polar surface area (TPSA) is 0 Å². The largest absolute Gasteiger partial charge is 4.00 e. The van der Waals surface area contributed by atoms with Crippen LogP contribution < -0.4 is 24.8 Å². The van der Waals surface area contributed by atoms with Crippen LogP contribution in [0, 0.1) is 12.2 Å². The fourth-order valence-electron chi connectivity index (χ4n) is 1.44. The van der Waals surface area contributed by atoms with Gasteiger partial charge in [0.15, 0.2) is 0 Å². The fourth-order valence-corrected chi connectivity index (χ4v) is 1.44. The van der Waals surface area contributed by atoms with Crippen molar-refractivity contribution >= 4 is 0 Å². The van der Waals surface area contributed by atoms with Gasteiger partial charge in [-0.25, -0.2) is 12.2 Å². The molecule has 0 radical (unpaired) electrons. The molecule has 0 aromatic heterocycles. The number of hydrogen-bond acceptors (Lipinski definition) is 0. The monoisotopic (exact) mass is 370 g/mol. The summed E-state index contributed by atoms with van der Waals surface area (Å²) in [7, 11) is 0. The second kappa shape index (κ2) is 16.0. The Hall–Kier alpha value is -0.0969. The van der Waals surface area contributed by atoms with Gasteiger partial charge in [0.25, 0.3) is 0 Å². The van der Waals surface area contributed by atoms with Crippen LogP contribution in [0.2, 0.25) is 0 Å².